The Morgan fingerprint density at radius 3 is 2.19 bits per heavy atom. The summed E-state index contributed by atoms with van der Waals surface area (Å²) in [5.41, 5.74) is 3.57. The number of rotatable bonds is 4. The van der Waals surface area contributed by atoms with Crippen molar-refractivity contribution in [3.8, 4) is 11.1 Å². The van der Waals surface area contributed by atoms with Gasteiger partial charge in [-0.05, 0) is 50.7 Å². The van der Waals surface area contributed by atoms with Gasteiger partial charge in [-0.15, -0.1) is 0 Å². The van der Waals surface area contributed by atoms with Crippen molar-refractivity contribution >= 4 is 27.5 Å². The summed E-state index contributed by atoms with van der Waals surface area (Å²) in [5, 5.41) is 5.06. The average Bonchev–Trinajstić information content (AvgIpc) is 2.72. The number of esters is 1. The number of fused-ring (bicyclic) bond motifs is 3. The minimum atomic E-state index is -0.172. The van der Waals surface area contributed by atoms with Crippen LogP contribution in [-0.2, 0) is 16.0 Å². The van der Waals surface area contributed by atoms with E-state index in [1.807, 2.05) is 0 Å². The molecule has 0 aliphatic heterocycles. The fourth-order valence-electron chi connectivity index (χ4n) is 3.49. The molecule has 0 heterocycles. The topological polar surface area (TPSA) is 26.3 Å². The Hall–Kier alpha value is -3.13. The third-order valence-corrected chi connectivity index (χ3v) is 4.88. The van der Waals surface area contributed by atoms with E-state index in [0.29, 0.717) is 12.8 Å². The van der Waals surface area contributed by atoms with Crippen molar-refractivity contribution in [2.45, 2.75) is 12.8 Å². The summed E-state index contributed by atoms with van der Waals surface area (Å²) in [5.74, 6) is -0.172. The molecule has 4 aromatic rings. The van der Waals surface area contributed by atoms with E-state index >= 15 is 0 Å². The summed E-state index contributed by atoms with van der Waals surface area (Å²) in [6.45, 7) is 0. The van der Waals surface area contributed by atoms with Crippen LogP contribution in [0.1, 0.15) is 12.0 Å². The zero-order valence-corrected chi connectivity index (χ0v) is 14.7. The van der Waals surface area contributed by atoms with E-state index in [-0.39, 0.29) is 5.97 Å². The SMILES string of the molecule is COC(=O)CCc1ccc(-c2cc3ccccc3c3ccccc23)cc1. The van der Waals surface area contributed by atoms with Gasteiger partial charge in [0.2, 0.25) is 0 Å². The lowest BCUT2D eigenvalue weighted by atomic mass is 9.93. The minimum Gasteiger partial charge on any atom is -0.469 e. The lowest BCUT2D eigenvalue weighted by Crippen LogP contribution is -2.01. The molecule has 2 heteroatoms. The first-order valence-corrected chi connectivity index (χ1v) is 8.83. The molecule has 0 atom stereocenters. The van der Waals surface area contributed by atoms with Gasteiger partial charge in [0.15, 0.2) is 0 Å². The molecule has 0 saturated heterocycles. The highest BCUT2D eigenvalue weighted by Crippen LogP contribution is 2.34. The molecular formula is C24H20O2. The Bertz CT molecular complexity index is 1080. The van der Waals surface area contributed by atoms with Crippen LogP contribution in [0.4, 0.5) is 0 Å². The molecule has 0 fully saturated rings. The van der Waals surface area contributed by atoms with Crippen LogP contribution in [-0.4, -0.2) is 13.1 Å². The lowest BCUT2D eigenvalue weighted by molar-refractivity contribution is -0.140. The van der Waals surface area contributed by atoms with Gasteiger partial charge in [-0.25, -0.2) is 0 Å². The quantitative estimate of drug-likeness (QED) is 0.348. The summed E-state index contributed by atoms with van der Waals surface area (Å²) in [6, 6.07) is 27.8. The van der Waals surface area contributed by atoms with Gasteiger partial charge in [0.05, 0.1) is 7.11 Å². The number of hydrogen-bond acceptors (Lipinski definition) is 2. The first-order valence-electron chi connectivity index (χ1n) is 8.83. The Morgan fingerprint density at radius 1 is 0.808 bits per heavy atom. The Labute approximate surface area is 153 Å². The summed E-state index contributed by atoms with van der Waals surface area (Å²) in [4.78, 5) is 11.3. The van der Waals surface area contributed by atoms with Crippen molar-refractivity contribution in [2.75, 3.05) is 7.11 Å². The van der Waals surface area contributed by atoms with Gasteiger partial charge in [0.25, 0.3) is 0 Å². The molecule has 0 aliphatic rings. The van der Waals surface area contributed by atoms with E-state index in [9.17, 15) is 4.79 Å². The van der Waals surface area contributed by atoms with Crippen molar-refractivity contribution in [2.24, 2.45) is 0 Å². The highest BCUT2D eigenvalue weighted by Gasteiger charge is 2.08. The molecule has 0 unspecified atom stereocenters. The number of methoxy groups -OCH3 is 1. The highest BCUT2D eigenvalue weighted by molar-refractivity contribution is 6.13. The zero-order valence-electron chi connectivity index (χ0n) is 14.7. The van der Waals surface area contributed by atoms with Crippen molar-refractivity contribution in [3.63, 3.8) is 0 Å². The van der Waals surface area contributed by atoms with Crippen LogP contribution in [0.5, 0.6) is 0 Å². The summed E-state index contributed by atoms with van der Waals surface area (Å²) in [7, 11) is 1.43. The maximum absolute atomic E-state index is 11.3. The molecule has 0 spiro atoms. The van der Waals surface area contributed by atoms with E-state index in [1.165, 1.54) is 39.8 Å². The number of hydrogen-bond donors (Lipinski definition) is 0. The molecular weight excluding hydrogens is 320 g/mol. The molecule has 128 valence electrons. The van der Waals surface area contributed by atoms with Gasteiger partial charge in [-0.2, -0.15) is 0 Å². The van der Waals surface area contributed by atoms with Crippen LogP contribution in [0.15, 0.2) is 78.9 Å². The van der Waals surface area contributed by atoms with Crippen LogP contribution < -0.4 is 0 Å². The Kier molecular flexibility index (Phi) is 4.40. The number of carbonyl (C=O) groups is 1. The first kappa shape index (κ1) is 16.3. The summed E-state index contributed by atoms with van der Waals surface area (Å²) in [6.07, 6.45) is 1.11. The molecule has 0 radical (unpaired) electrons. The predicted octanol–water partition coefficient (Wildman–Crippen LogP) is 5.77. The van der Waals surface area contributed by atoms with Crippen LogP contribution in [0.2, 0.25) is 0 Å². The Morgan fingerprint density at radius 2 is 1.46 bits per heavy atom. The molecule has 0 saturated carbocycles. The number of aryl methyl sites for hydroxylation is 1. The standard InChI is InChI=1S/C24H20O2/c1-26-24(25)15-12-17-10-13-18(14-11-17)23-16-19-6-2-3-7-20(19)21-8-4-5-9-22(21)23/h2-11,13-14,16H,12,15H2,1H3. The molecule has 4 aromatic carbocycles. The van der Waals surface area contributed by atoms with Gasteiger partial charge in [-0.1, -0.05) is 72.8 Å². The van der Waals surface area contributed by atoms with Gasteiger partial charge in [-0.3, -0.25) is 4.79 Å². The molecule has 0 aliphatic carbocycles. The third kappa shape index (κ3) is 3.06. The summed E-state index contributed by atoms with van der Waals surface area (Å²) < 4.78 is 4.72. The minimum absolute atomic E-state index is 0.172. The van der Waals surface area contributed by atoms with Crippen LogP contribution >= 0.6 is 0 Å². The van der Waals surface area contributed by atoms with Gasteiger partial charge >= 0.3 is 5.97 Å². The second kappa shape index (κ2) is 7.01. The van der Waals surface area contributed by atoms with E-state index < -0.39 is 0 Å². The van der Waals surface area contributed by atoms with E-state index in [2.05, 4.69) is 78.9 Å². The van der Waals surface area contributed by atoms with Gasteiger partial charge in [0.1, 0.15) is 0 Å². The van der Waals surface area contributed by atoms with Crippen molar-refractivity contribution in [3.05, 3.63) is 84.4 Å². The summed E-state index contributed by atoms with van der Waals surface area (Å²) >= 11 is 0. The van der Waals surface area contributed by atoms with E-state index in [0.717, 1.165) is 5.56 Å². The van der Waals surface area contributed by atoms with Crippen molar-refractivity contribution in [1.29, 1.82) is 0 Å². The fraction of sp³-hybridized carbons (Fsp3) is 0.125. The molecule has 0 amide bonds. The Balaban J connectivity index is 1.77. The maximum atomic E-state index is 11.3. The number of ether oxygens (including phenoxy) is 1. The normalized spacial score (nSPS) is 11.0. The largest absolute Gasteiger partial charge is 0.469 e. The monoisotopic (exact) mass is 340 g/mol. The highest BCUT2D eigenvalue weighted by atomic mass is 16.5. The smallest absolute Gasteiger partial charge is 0.305 e. The average molecular weight is 340 g/mol. The van der Waals surface area contributed by atoms with E-state index in [1.54, 1.807) is 0 Å². The number of carbonyl (C=O) groups excluding carboxylic acids is 1. The fourth-order valence-corrected chi connectivity index (χ4v) is 3.49. The molecule has 0 aromatic heterocycles. The lowest BCUT2D eigenvalue weighted by Gasteiger charge is -2.11. The second-order valence-electron chi connectivity index (χ2n) is 6.46. The predicted molar refractivity (Wildman–Crippen MR) is 107 cm³/mol. The molecule has 2 nitrogen and oxygen atoms in total. The molecule has 0 N–H and O–H groups in total. The molecule has 0 bridgehead atoms. The third-order valence-electron chi connectivity index (χ3n) is 4.88. The molecule has 4 rings (SSSR count). The van der Waals surface area contributed by atoms with Crippen LogP contribution in [0.25, 0.3) is 32.7 Å². The molecule has 26 heavy (non-hydrogen) atoms. The van der Waals surface area contributed by atoms with Crippen LogP contribution in [0.3, 0.4) is 0 Å². The zero-order chi connectivity index (χ0) is 17.9. The van der Waals surface area contributed by atoms with Gasteiger partial charge in [0, 0.05) is 6.42 Å². The first-order chi connectivity index (χ1) is 12.8. The van der Waals surface area contributed by atoms with Gasteiger partial charge < -0.3 is 4.74 Å². The second-order valence-corrected chi connectivity index (χ2v) is 6.46. The van der Waals surface area contributed by atoms with Crippen molar-refractivity contribution < 1.29 is 9.53 Å². The maximum Gasteiger partial charge on any atom is 0.305 e. The number of benzene rings is 4. The van der Waals surface area contributed by atoms with Crippen LogP contribution in [0, 0.1) is 0 Å². The van der Waals surface area contributed by atoms with E-state index in [4.69, 9.17) is 4.74 Å². The van der Waals surface area contributed by atoms with Crippen molar-refractivity contribution in [1.82, 2.24) is 0 Å².